The van der Waals surface area contributed by atoms with Crippen molar-refractivity contribution in [2.45, 2.75) is 31.2 Å². The van der Waals surface area contributed by atoms with Crippen molar-refractivity contribution < 1.29 is 13.2 Å². The van der Waals surface area contributed by atoms with Gasteiger partial charge in [0.2, 0.25) is 10.0 Å². The monoisotopic (exact) mass is 334 g/mol. The molecule has 0 aliphatic carbocycles. The van der Waals surface area contributed by atoms with E-state index in [1.165, 1.54) is 0 Å². The molecule has 5 nitrogen and oxygen atoms in total. The van der Waals surface area contributed by atoms with E-state index in [0.717, 1.165) is 24.9 Å². The van der Waals surface area contributed by atoms with E-state index in [4.69, 9.17) is 16.3 Å². The molecule has 7 heteroatoms. The summed E-state index contributed by atoms with van der Waals surface area (Å²) in [6, 6.07) is 5.05. The fourth-order valence-corrected chi connectivity index (χ4v) is 3.41. The van der Waals surface area contributed by atoms with Crippen molar-refractivity contribution in [3.8, 4) is 0 Å². The highest BCUT2D eigenvalue weighted by Gasteiger charge is 2.17. The largest absolute Gasteiger partial charge is 0.385 e. The highest BCUT2D eigenvalue weighted by atomic mass is 35.5. The first-order chi connectivity index (χ1) is 10.0. The van der Waals surface area contributed by atoms with E-state index < -0.39 is 10.0 Å². The van der Waals surface area contributed by atoms with Crippen molar-refractivity contribution in [2.75, 3.05) is 26.8 Å². The van der Waals surface area contributed by atoms with Crippen LogP contribution in [0.3, 0.4) is 0 Å². The number of methoxy groups -OCH3 is 1. The van der Waals surface area contributed by atoms with Gasteiger partial charge in [0.25, 0.3) is 0 Å². The first-order valence-corrected chi connectivity index (χ1v) is 8.85. The zero-order valence-electron chi connectivity index (χ0n) is 12.5. The number of nitrogens with one attached hydrogen (secondary N) is 2. The van der Waals surface area contributed by atoms with Crippen LogP contribution in [0.25, 0.3) is 0 Å². The van der Waals surface area contributed by atoms with Crippen molar-refractivity contribution in [3.63, 3.8) is 0 Å². The van der Waals surface area contributed by atoms with Gasteiger partial charge in [0, 0.05) is 26.8 Å². The van der Waals surface area contributed by atoms with Crippen LogP contribution in [0.15, 0.2) is 23.1 Å². The number of halogens is 1. The van der Waals surface area contributed by atoms with Crippen LogP contribution in [-0.4, -0.2) is 35.2 Å². The maximum Gasteiger partial charge on any atom is 0.242 e. The molecule has 21 heavy (non-hydrogen) atoms. The fourth-order valence-electron chi connectivity index (χ4n) is 1.79. The molecule has 0 aromatic heterocycles. The summed E-state index contributed by atoms with van der Waals surface area (Å²) in [5.74, 6) is 0. The lowest BCUT2D eigenvalue weighted by molar-refractivity contribution is 0.193. The van der Waals surface area contributed by atoms with Gasteiger partial charge in [0.05, 0.1) is 5.02 Å². The number of benzene rings is 1. The van der Waals surface area contributed by atoms with E-state index in [-0.39, 0.29) is 9.92 Å². The minimum Gasteiger partial charge on any atom is -0.385 e. The molecule has 0 bridgehead atoms. The molecular formula is C14H23ClN2O3S. The second kappa shape index (κ2) is 9.38. The number of rotatable bonds is 10. The Bertz CT molecular complexity index is 535. The van der Waals surface area contributed by atoms with Crippen LogP contribution in [0.4, 0.5) is 0 Å². The van der Waals surface area contributed by atoms with Gasteiger partial charge in [-0.2, -0.15) is 0 Å². The zero-order valence-corrected chi connectivity index (χ0v) is 14.1. The van der Waals surface area contributed by atoms with Gasteiger partial charge in [-0.05, 0) is 37.1 Å². The second-order valence-corrected chi connectivity index (χ2v) is 6.79. The van der Waals surface area contributed by atoms with Gasteiger partial charge in [-0.3, -0.25) is 0 Å². The topological polar surface area (TPSA) is 67.4 Å². The lowest BCUT2D eigenvalue weighted by Crippen LogP contribution is -2.25. The Morgan fingerprint density at radius 2 is 2.05 bits per heavy atom. The molecule has 0 amide bonds. The maximum atomic E-state index is 12.3. The summed E-state index contributed by atoms with van der Waals surface area (Å²) < 4.78 is 32.0. The first-order valence-electron chi connectivity index (χ1n) is 6.99. The second-order valence-electron chi connectivity index (χ2n) is 4.64. The van der Waals surface area contributed by atoms with E-state index in [1.807, 2.05) is 13.0 Å². The molecule has 1 aromatic rings. The number of sulfonamides is 1. The van der Waals surface area contributed by atoms with Gasteiger partial charge in [-0.15, -0.1) is 0 Å². The number of ether oxygens (including phenoxy) is 1. The van der Waals surface area contributed by atoms with Gasteiger partial charge < -0.3 is 10.1 Å². The van der Waals surface area contributed by atoms with Crippen LogP contribution in [0.5, 0.6) is 0 Å². The SMILES string of the molecule is CCNCc1ccc(Cl)c(S(=O)(=O)NCCCCOC)c1. The predicted octanol–water partition coefficient (Wildman–Crippen LogP) is 2.15. The number of hydrogen-bond acceptors (Lipinski definition) is 4. The first kappa shape index (κ1) is 18.4. The molecular weight excluding hydrogens is 312 g/mol. The molecule has 0 fully saturated rings. The fraction of sp³-hybridized carbons (Fsp3) is 0.571. The minimum atomic E-state index is -3.58. The van der Waals surface area contributed by atoms with Crippen LogP contribution in [0.1, 0.15) is 25.3 Å². The number of unbranched alkanes of at least 4 members (excludes halogenated alkanes) is 1. The third-order valence-corrected chi connectivity index (χ3v) is 4.87. The Labute approximate surface area is 132 Å². The third kappa shape index (κ3) is 6.32. The van der Waals surface area contributed by atoms with Crippen LogP contribution in [0, 0.1) is 0 Å². The molecule has 2 N–H and O–H groups in total. The quantitative estimate of drug-likeness (QED) is 0.643. The Hall–Kier alpha value is -0.660. The van der Waals surface area contributed by atoms with Crippen molar-refractivity contribution in [3.05, 3.63) is 28.8 Å². The van der Waals surface area contributed by atoms with Gasteiger partial charge in [-0.25, -0.2) is 13.1 Å². The summed E-state index contributed by atoms with van der Waals surface area (Å²) in [4.78, 5) is 0.131. The molecule has 0 saturated carbocycles. The van der Waals surface area contributed by atoms with Crippen molar-refractivity contribution >= 4 is 21.6 Å². The maximum absolute atomic E-state index is 12.3. The zero-order chi connectivity index (χ0) is 15.7. The van der Waals surface area contributed by atoms with Crippen LogP contribution in [-0.2, 0) is 21.3 Å². The molecule has 0 atom stereocenters. The molecule has 0 saturated heterocycles. The average Bonchev–Trinajstić information content (AvgIpc) is 2.46. The molecule has 120 valence electrons. The summed E-state index contributed by atoms with van der Waals surface area (Å²) in [5, 5.41) is 3.39. The Morgan fingerprint density at radius 1 is 1.29 bits per heavy atom. The predicted molar refractivity (Wildman–Crippen MR) is 85.1 cm³/mol. The van der Waals surface area contributed by atoms with Crippen LogP contribution in [0.2, 0.25) is 5.02 Å². The van der Waals surface area contributed by atoms with Crippen LogP contribution < -0.4 is 10.0 Å². The van der Waals surface area contributed by atoms with Gasteiger partial charge in [0.1, 0.15) is 4.90 Å². The van der Waals surface area contributed by atoms with Gasteiger partial charge >= 0.3 is 0 Å². The van der Waals surface area contributed by atoms with E-state index >= 15 is 0 Å². The highest BCUT2D eigenvalue weighted by molar-refractivity contribution is 7.89. The molecule has 0 heterocycles. The number of hydrogen-bond donors (Lipinski definition) is 2. The van der Waals surface area contributed by atoms with E-state index in [9.17, 15) is 8.42 Å². The summed E-state index contributed by atoms with van der Waals surface area (Å²) in [6.45, 7) is 4.43. The lowest BCUT2D eigenvalue weighted by atomic mass is 10.2. The highest BCUT2D eigenvalue weighted by Crippen LogP contribution is 2.22. The Balaban J connectivity index is 2.72. The molecule has 0 unspecified atom stereocenters. The Morgan fingerprint density at radius 3 is 2.71 bits per heavy atom. The normalized spacial score (nSPS) is 11.8. The summed E-state index contributed by atoms with van der Waals surface area (Å²) >= 11 is 6.02. The molecule has 0 spiro atoms. The minimum absolute atomic E-state index is 0.131. The van der Waals surface area contributed by atoms with Crippen molar-refractivity contribution in [2.24, 2.45) is 0 Å². The molecule has 0 aliphatic rings. The molecule has 0 radical (unpaired) electrons. The van der Waals surface area contributed by atoms with E-state index in [0.29, 0.717) is 19.7 Å². The Kier molecular flexibility index (Phi) is 8.21. The summed E-state index contributed by atoms with van der Waals surface area (Å²) in [5.41, 5.74) is 0.890. The summed E-state index contributed by atoms with van der Waals surface area (Å²) in [7, 11) is -1.95. The van der Waals surface area contributed by atoms with Crippen molar-refractivity contribution in [1.29, 1.82) is 0 Å². The average molecular weight is 335 g/mol. The van der Waals surface area contributed by atoms with E-state index in [1.54, 1.807) is 19.2 Å². The smallest absolute Gasteiger partial charge is 0.242 e. The lowest BCUT2D eigenvalue weighted by Gasteiger charge is -2.10. The van der Waals surface area contributed by atoms with Crippen molar-refractivity contribution in [1.82, 2.24) is 10.0 Å². The standard InChI is InChI=1S/C14H23ClN2O3S/c1-3-16-11-12-6-7-13(15)14(10-12)21(18,19)17-8-4-5-9-20-2/h6-7,10,16-17H,3-5,8-9,11H2,1-2H3. The summed E-state index contributed by atoms with van der Waals surface area (Å²) in [6.07, 6.45) is 1.54. The molecule has 0 aliphatic heterocycles. The van der Waals surface area contributed by atoms with Crippen LogP contribution >= 0.6 is 11.6 Å². The van der Waals surface area contributed by atoms with Gasteiger partial charge in [0.15, 0.2) is 0 Å². The third-order valence-electron chi connectivity index (χ3n) is 2.93. The molecule has 1 rings (SSSR count). The molecule has 1 aromatic carbocycles. The van der Waals surface area contributed by atoms with Gasteiger partial charge in [-0.1, -0.05) is 24.6 Å². The van der Waals surface area contributed by atoms with E-state index in [2.05, 4.69) is 10.0 Å².